The Morgan fingerprint density at radius 3 is 0.784 bits per heavy atom. The molecule has 1 heterocycles. The molecule has 1 aromatic heterocycles. The summed E-state index contributed by atoms with van der Waals surface area (Å²) in [5, 5.41) is 33.0. The molecule has 0 N–H and O–H groups in total. The van der Waals surface area contributed by atoms with Gasteiger partial charge < -0.3 is 4.42 Å². The molecule has 3 aliphatic carbocycles. The number of rotatable bonds is 8. The Morgan fingerprint density at radius 1 is 0.122 bits per heavy atom. The molecule has 694 valence electrons. The molecule has 3 aliphatic rings. The van der Waals surface area contributed by atoms with Crippen LogP contribution in [0.2, 0.25) is 0 Å². The first-order valence-electron chi connectivity index (χ1n) is 52.1. The number of hydrogen-bond donors (Lipinski definition) is 0. The summed E-state index contributed by atoms with van der Waals surface area (Å²) in [6.45, 7) is 14.2. The van der Waals surface area contributed by atoms with Crippen LogP contribution in [0.15, 0.2) is 502 Å². The molecule has 31 rings (SSSR count). The van der Waals surface area contributed by atoms with Gasteiger partial charge in [0.05, 0.1) is 0 Å². The molecule has 0 aliphatic heterocycles. The normalized spacial score (nSPS) is 13.4. The van der Waals surface area contributed by atoms with Crippen LogP contribution in [0, 0.1) is 0 Å². The van der Waals surface area contributed by atoms with Gasteiger partial charge in [-0.25, -0.2) is 0 Å². The monoisotopic (exact) mass is 1880 g/mol. The summed E-state index contributed by atoms with van der Waals surface area (Å²) < 4.78 is 6.21. The number of furan rings is 1. The van der Waals surface area contributed by atoms with Gasteiger partial charge in [0.2, 0.25) is 0 Å². The van der Waals surface area contributed by atoms with E-state index in [2.05, 4.69) is 527 Å². The van der Waals surface area contributed by atoms with Gasteiger partial charge in [-0.2, -0.15) is 0 Å². The van der Waals surface area contributed by atoms with E-state index in [-0.39, 0.29) is 16.2 Å². The highest BCUT2D eigenvalue weighted by molar-refractivity contribution is 6.27. The molecule has 148 heavy (non-hydrogen) atoms. The summed E-state index contributed by atoms with van der Waals surface area (Å²) in [5.74, 6) is 0. The zero-order valence-electron chi connectivity index (χ0n) is 83.3. The zero-order chi connectivity index (χ0) is 98.5. The maximum atomic E-state index is 6.21. The van der Waals surface area contributed by atoms with E-state index in [1.807, 2.05) is 12.1 Å². The first kappa shape index (κ1) is 86.5. The van der Waals surface area contributed by atoms with Crippen LogP contribution in [0.1, 0.15) is 74.9 Å². The zero-order valence-corrected chi connectivity index (χ0v) is 83.3. The van der Waals surface area contributed by atoms with Gasteiger partial charge in [0, 0.05) is 27.0 Å². The molecule has 1 nitrogen and oxygen atoms in total. The lowest BCUT2D eigenvalue weighted by Crippen LogP contribution is -2.14. The van der Waals surface area contributed by atoms with Crippen LogP contribution in [0.25, 0.3) is 274 Å². The summed E-state index contributed by atoms with van der Waals surface area (Å²) in [4.78, 5) is 0. The Hall–Kier alpha value is -18.1. The van der Waals surface area contributed by atoms with Gasteiger partial charge in [-0.1, -0.05) is 460 Å². The van der Waals surface area contributed by atoms with Gasteiger partial charge in [0.15, 0.2) is 0 Å². The van der Waals surface area contributed by atoms with E-state index >= 15 is 0 Å². The second-order valence-corrected chi connectivity index (χ2v) is 42.6. The van der Waals surface area contributed by atoms with Crippen LogP contribution in [0.5, 0.6) is 0 Å². The lowest BCUT2D eigenvalue weighted by molar-refractivity contribution is 0.661. The molecule has 28 aromatic rings. The first-order chi connectivity index (χ1) is 72.7. The van der Waals surface area contributed by atoms with Crippen LogP contribution >= 0.6 is 0 Å². The Labute approximate surface area is 860 Å². The molecule has 0 bridgehead atoms. The van der Waals surface area contributed by atoms with Gasteiger partial charge in [0.25, 0.3) is 0 Å². The van der Waals surface area contributed by atoms with E-state index in [1.165, 1.54) is 285 Å². The molecular weight excluding hydrogens is 1780 g/mol. The van der Waals surface area contributed by atoms with E-state index in [4.69, 9.17) is 4.42 Å². The van der Waals surface area contributed by atoms with Crippen molar-refractivity contribution in [2.24, 2.45) is 0 Å². The number of fused-ring (bicyclic) bond motifs is 25. The minimum atomic E-state index is -0.0727. The van der Waals surface area contributed by atoms with Crippen LogP contribution in [0.3, 0.4) is 0 Å². The van der Waals surface area contributed by atoms with Crippen molar-refractivity contribution in [3.05, 3.63) is 531 Å². The SMILES string of the molecule is CC1(C)c2ccc(-c3c4ccccc4c(-c4ccc5c(ccc6ccccc65)c4)c4ccccc34)cc2-c2cc3ccccc3cc21.CC1(C)c2ccc(-c3c4ccccc4c(-c4ccccc4-c4ccc5oc6ccccc6c5c4)c4ccccc34)cc2-c2cc3ccccc3cc21.CC1(C)c2ccc(-c3c4ccccc4c(-c4ccccc4-c4cccc5ccccc45)c4ccccc34)cc2-c2cc3ccccc3cc21. The average Bonchev–Trinajstić information content (AvgIpc) is 1.10. The minimum absolute atomic E-state index is 0.0529. The van der Waals surface area contributed by atoms with Gasteiger partial charge in [-0.05, 0) is 364 Å². The minimum Gasteiger partial charge on any atom is -0.456 e. The molecule has 0 saturated carbocycles. The van der Waals surface area contributed by atoms with Crippen molar-refractivity contribution in [3.8, 4) is 122 Å². The van der Waals surface area contributed by atoms with Crippen molar-refractivity contribution in [3.63, 3.8) is 0 Å². The molecule has 0 spiro atoms. The Bertz CT molecular complexity index is 10400. The lowest BCUT2D eigenvalue weighted by atomic mass is 9.81. The topological polar surface area (TPSA) is 13.1 Å². The molecule has 27 aromatic carbocycles. The Kier molecular flexibility index (Phi) is 19.6. The summed E-state index contributed by atoms with van der Waals surface area (Å²) in [6.07, 6.45) is 0. The van der Waals surface area contributed by atoms with Gasteiger partial charge in [-0.3, -0.25) is 0 Å². The van der Waals surface area contributed by atoms with Gasteiger partial charge in [0.1, 0.15) is 11.2 Å². The highest BCUT2D eigenvalue weighted by Crippen LogP contribution is 2.59. The van der Waals surface area contributed by atoms with Crippen LogP contribution in [-0.4, -0.2) is 0 Å². The maximum absolute atomic E-state index is 6.21. The Balaban J connectivity index is 0.000000105. The third-order valence-corrected chi connectivity index (χ3v) is 33.5. The molecular formula is C147H100O. The highest BCUT2D eigenvalue weighted by atomic mass is 16.3. The second-order valence-electron chi connectivity index (χ2n) is 42.6. The summed E-state index contributed by atoms with van der Waals surface area (Å²) >= 11 is 0. The molecule has 0 fully saturated rings. The van der Waals surface area contributed by atoms with Gasteiger partial charge in [-0.15, -0.1) is 0 Å². The van der Waals surface area contributed by atoms with Crippen molar-refractivity contribution < 1.29 is 4.42 Å². The van der Waals surface area contributed by atoms with Crippen LogP contribution in [-0.2, 0) is 16.2 Å². The van der Waals surface area contributed by atoms with Crippen LogP contribution < -0.4 is 0 Å². The quantitative estimate of drug-likeness (QED) is 0.109. The van der Waals surface area contributed by atoms with E-state index < -0.39 is 0 Å². The van der Waals surface area contributed by atoms with Crippen molar-refractivity contribution in [1.29, 1.82) is 0 Å². The maximum Gasteiger partial charge on any atom is 0.135 e. The third kappa shape index (κ3) is 13.4. The van der Waals surface area contributed by atoms with E-state index in [9.17, 15) is 0 Å². The number of hydrogen-bond acceptors (Lipinski definition) is 1. The highest BCUT2D eigenvalue weighted by Gasteiger charge is 2.40. The van der Waals surface area contributed by atoms with E-state index in [1.54, 1.807) is 0 Å². The van der Waals surface area contributed by atoms with Crippen molar-refractivity contribution in [2.45, 2.75) is 57.8 Å². The average molecular weight is 1880 g/mol. The predicted molar refractivity (Wildman–Crippen MR) is 633 cm³/mol. The van der Waals surface area contributed by atoms with Crippen molar-refractivity contribution in [1.82, 2.24) is 0 Å². The molecule has 0 amide bonds. The molecule has 0 saturated heterocycles. The fourth-order valence-electron chi connectivity index (χ4n) is 26.4. The number of para-hydroxylation sites is 1. The standard InChI is InChI=1S/C51H34O.C49H34.C47H32/c1-51(2)45-25-23-34(29-42(45)43-27-31-13-3-4-14-32(31)30-46(43)51)49-38-18-7-9-20-40(38)50(41-21-10-8-19-39(41)49)37-17-6-5-15-35(37)33-24-26-48-44(28-33)36-16-11-12-22-47(36)52-48;1-49(2)45-27-26-34(29-43(45)44-28-32-15-3-4-16-33(32)30-46(44)49)47-39-21-9-11-23-41(39)48(42-24-12-10-22-40(42)47)38-20-8-7-19-37(38)36-25-13-17-31-14-5-6-18-35(31)36;1-47(2)43-24-22-34(27-41(43)42-26-30-12-3-4-13-31(30)28-44(42)47)46-39-17-9-7-15-37(39)45(38-16-8-10-18-40(38)46)33-21-23-36-32(25-33)20-19-29-11-5-6-14-35(29)36/h3-30H,1-2H3;3-30H,1-2H3;3-28H,1-2H3. The fraction of sp³-hybridized carbons (Fsp3) is 0.0612. The van der Waals surface area contributed by atoms with E-state index in [0.29, 0.717) is 0 Å². The summed E-state index contributed by atoms with van der Waals surface area (Å²) in [6, 6.07) is 185. The Morgan fingerprint density at radius 2 is 0.378 bits per heavy atom. The predicted octanol–water partition coefficient (Wildman–Crippen LogP) is 41.1. The second kappa shape index (κ2) is 33.5. The molecule has 1 heteroatoms. The molecule has 0 radical (unpaired) electrons. The number of benzene rings is 27. The third-order valence-electron chi connectivity index (χ3n) is 33.5. The largest absolute Gasteiger partial charge is 0.456 e. The van der Waals surface area contributed by atoms with Crippen molar-refractivity contribution >= 4 is 151 Å². The van der Waals surface area contributed by atoms with Crippen LogP contribution in [0.4, 0.5) is 0 Å². The first-order valence-corrected chi connectivity index (χ1v) is 52.1. The smallest absolute Gasteiger partial charge is 0.135 e. The molecule has 0 unspecified atom stereocenters. The van der Waals surface area contributed by atoms with E-state index in [0.717, 1.165) is 21.9 Å². The summed E-state index contributed by atoms with van der Waals surface area (Å²) in [7, 11) is 0. The molecule has 0 atom stereocenters. The van der Waals surface area contributed by atoms with Crippen molar-refractivity contribution in [2.75, 3.05) is 0 Å². The fourth-order valence-corrected chi connectivity index (χ4v) is 26.4. The van der Waals surface area contributed by atoms with Gasteiger partial charge >= 0.3 is 0 Å². The lowest BCUT2D eigenvalue weighted by Gasteiger charge is -2.22. The summed E-state index contributed by atoms with van der Waals surface area (Å²) in [5.41, 5.74) is 38.3.